The standard InChI is InChI=1S/C20H19N3O/c21-13-20(10-4-1-5-11-20)23-19(24)18-12-16-15-7-3-2-6-14(15)8-9-17(16)22-18/h2-3,6-9,12,22H,1,4-5,10-11H2,(H,23,24). The smallest absolute Gasteiger partial charge is 0.268 e. The van der Waals surface area contributed by atoms with Gasteiger partial charge in [0.1, 0.15) is 11.2 Å². The first kappa shape index (κ1) is 14.8. The lowest BCUT2D eigenvalue weighted by atomic mass is 9.83. The summed E-state index contributed by atoms with van der Waals surface area (Å²) in [5, 5.41) is 15.8. The number of H-pyrrole nitrogens is 1. The molecule has 3 aromatic rings. The summed E-state index contributed by atoms with van der Waals surface area (Å²) in [4.78, 5) is 15.9. The molecule has 1 amide bonds. The number of nitrogens with one attached hydrogen (secondary N) is 2. The molecule has 1 aliphatic rings. The van der Waals surface area contributed by atoms with Crippen LogP contribution in [0, 0.1) is 11.3 Å². The summed E-state index contributed by atoms with van der Waals surface area (Å²) in [6.45, 7) is 0. The first-order valence-corrected chi connectivity index (χ1v) is 8.45. The molecule has 120 valence electrons. The molecule has 1 saturated carbocycles. The van der Waals surface area contributed by atoms with Crippen molar-refractivity contribution in [3.8, 4) is 6.07 Å². The van der Waals surface area contributed by atoms with Crippen LogP contribution in [-0.2, 0) is 0 Å². The molecule has 1 fully saturated rings. The Morgan fingerprint density at radius 1 is 1.08 bits per heavy atom. The number of amides is 1. The van der Waals surface area contributed by atoms with Crippen LogP contribution in [0.15, 0.2) is 42.5 Å². The maximum absolute atomic E-state index is 12.7. The first-order chi connectivity index (χ1) is 11.7. The van der Waals surface area contributed by atoms with Crippen LogP contribution >= 0.6 is 0 Å². The molecule has 0 unspecified atom stereocenters. The molecule has 0 atom stereocenters. The molecule has 1 heterocycles. The highest BCUT2D eigenvalue weighted by atomic mass is 16.2. The second kappa shape index (κ2) is 5.68. The highest BCUT2D eigenvalue weighted by Gasteiger charge is 2.34. The number of carbonyl (C=O) groups excluding carboxylic acids is 1. The van der Waals surface area contributed by atoms with Gasteiger partial charge in [0.2, 0.25) is 0 Å². The average molecular weight is 317 g/mol. The molecule has 1 aliphatic carbocycles. The molecule has 4 rings (SSSR count). The lowest BCUT2D eigenvalue weighted by Gasteiger charge is -2.31. The topological polar surface area (TPSA) is 68.7 Å². The summed E-state index contributed by atoms with van der Waals surface area (Å²) >= 11 is 0. The van der Waals surface area contributed by atoms with Gasteiger partial charge >= 0.3 is 0 Å². The number of hydrogen-bond donors (Lipinski definition) is 2. The van der Waals surface area contributed by atoms with E-state index < -0.39 is 5.54 Å². The van der Waals surface area contributed by atoms with E-state index in [4.69, 9.17) is 0 Å². The predicted octanol–water partition coefficient (Wildman–Crippen LogP) is 4.28. The van der Waals surface area contributed by atoms with Gasteiger partial charge in [0.25, 0.3) is 5.91 Å². The van der Waals surface area contributed by atoms with Gasteiger partial charge in [0, 0.05) is 10.9 Å². The average Bonchev–Trinajstić information content (AvgIpc) is 3.07. The van der Waals surface area contributed by atoms with Crippen LogP contribution < -0.4 is 5.32 Å². The Morgan fingerprint density at radius 3 is 2.67 bits per heavy atom. The molecule has 0 aliphatic heterocycles. The van der Waals surface area contributed by atoms with Crippen LogP contribution in [-0.4, -0.2) is 16.4 Å². The van der Waals surface area contributed by atoms with E-state index >= 15 is 0 Å². The second-order valence-electron chi connectivity index (χ2n) is 6.64. The molecule has 0 bridgehead atoms. The third kappa shape index (κ3) is 2.43. The molecule has 4 nitrogen and oxygen atoms in total. The minimum Gasteiger partial charge on any atom is -0.351 e. The quantitative estimate of drug-likeness (QED) is 0.741. The summed E-state index contributed by atoms with van der Waals surface area (Å²) in [7, 11) is 0. The highest BCUT2D eigenvalue weighted by molar-refractivity contribution is 6.09. The highest BCUT2D eigenvalue weighted by Crippen LogP contribution is 2.29. The van der Waals surface area contributed by atoms with E-state index in [1.165, 1.54) is 0 Å². The van der Waals surface area contributed by atoms with E-state index in [2.05, 4.69) is 28.5 Å². The molecule has 0 spiro atoms. The number of carbonyl (C=O) groups is 1. The molecule has 0 saturated heterocycles. The van der Waals surface area contributed by atoms with Crippen molar-refractivity contribution in [1.82, 2.24) is 10.3 Å². The lowest BCUT2D eigenvalue weighted by Crippen LogP contribution is -2.48. The molecule has 0 radical (unpaired) electrons. The SMILES string of the molecule is N#CC1(NC(=O)c2cc3c(ccc4ccccc43)[nH]2)CCCCC1. The minimum atomic E-state index is -0.714. The zero-order valence-corrected chi connectivity index (χ0v) is 13.4. The Hall–Kier alpha value is -2.80. The summed E-state index contributed by atoms with van der Waals surface area (Å²) in [5.74, 6) is -0.196. The number of rotatable bonds is 2. The largest absolute Gasteiger partial charge is 0.351 e. The summed E-state index contributed by atoms with van der Waals surface area (Å²) in [5.41, 5.74) is 0.740. The van der Waals surface area contributed by atoms with Gasteiger partial charge in [-0.25, -0.2) is 0 Å². The minimum absolute atomic E-state index is 0.196. The summed E-state index contributed by atoms with van der Waals surface area (Å²) < 4.78 is 0. The van der Waals surface area contributed by atoms with Crippen LogP contribution in [0.1, 0.15) is 42.6 Å². The molecule has 24 heavy (non-hydrogen) atoms. The Bertz CT molecular complexity index is 958. The number of fused-ring (bicyclic) bond motifs is 3. The van der Waals surface area contributed by atoms with Gasteiger partial charge in [-0.1, -0.05) is 49.6 Å². The third-order valence-corrected chi connectivity index (χ3v) is 5.05. The van der Waals surface area contributed by atoms with Crippen molar-refractivity contribution >= 4 is 27.6 Å². The molecule has 4 heteroatoms. The fourth-order valence-electron chi connectivity index (χ4n) is 3.71. The van der Waals surface area contributed by atoms with Crippen LogP contribution in [0.25, 0.3) is 21.7 Å². The Labute approximate surface area is 140 Å². The Balaban J connectivity index is 1.70. The molecule has 1 aromatic heterocycles. The second-order valence-corrected chi connectivity index (χ2v) is 6.64. The van der Waals surface area contributed by atoms with Gasteiger partial charge in [-0.3, -0.25) is 4.79 Å². The van der Waals surface area contributed by atoms with Gasteiger partial charge in [-0.2, -0.15) is 5.26 Å². The Morgan fingerprint density at radius 2 is 1.88 bits per heavy atom. The molecular formula is C20H19N3O. The molecule has 2 aromatic carbocycles. The maximum Gasteiger partial charge on any atom is 0.268 e. The Kier molecular flexibility index (Phi) is 3.50. The van der Waals surface area contributed by atoms with Crippen molar-refractivity contribution < 1.29 is 4.79 Å². The van der Waals surface area contributed by atoms with Crippen molar-refractivity contribution in [3.05, 3.63) is 48.2 Å². The van der Waals surface area contributed by atoms with E-state index in [0.29, 0.717) is 5.69 Å². The normalized spacial score (nSPS) is 16.8. The van der Waals surface area contributed by atoms with Gasteiger partial charge in [0.15, 0.2) is 0 Å². The van der Waals surface area contributed by atoms with Crippen LogP contribution in [0.2, 0.25) is 0 Å². The zero-order chi connectivity index (χ0) is 16.6. The van der Waals surface area contributed by atoms with E-state index in [1.807, 2.05) is 30.3 Å². The van der Waals surface area contributed by atoms with Gasteiger partial charge in [-0.05, 0) is 35.7 Å². The fourth-order valence-corrected chi connectivity index (χ4v) is 3.71. The first-order valence-electron chi connectivity index (χ1n) is 8.45. The maximum atomic E-state index is 12.7. The van der Waals surface area contributed by atoms with E-state index in [0.717, 1.165) is 53.8 Å². The molecule has 2 N–H and O–H groups in total. The number of benzene rings is 2. The van der Waals surface area contributed by atoms with Crippen molar-refractivity contribution in [1.29, 1.82) is 5.26 Å². The lowest BCUT2D eigenvalue weighted by molar-refractivity contribution is 0.0898. The van der Waals surface area contributed by atoms with Crippen molar-refractivity contribution in [3.63, 3.8) is 0 Å². The van der Waals surface area contributed by atoms with Crippen molar-refractivity contribution in [2.45, 2.75) is 37.6 Å². The number of nitrogens with zero attached hydrogens (tertiary/aromatic N) is 1. The number of hydrogen-bond acceptors (Lipinski definition) is 2. The van der Waals surface area contributed by atoms with Crippen molar-refractivity contribution in [2.24, 2.45) is 0 Å². The zero-order valence-electron chi connectivity index (χ0n) is 13.4. The fraction of sp³-hybridized carbons (Fsp3) is 0.300. The summed E-state index contributed by atoms with van der Waals surface area (Å²) in [6.07, 6.45) is 4.59. The number of aromatic nitrogens is 1. The van der Waals surface area contributed by atoms with Gasteiger partial charge in [-0.15, -0.1) is 0 Å². The number of nitriles is 1. The summed E-state index contributed by atoms with van der Waals surface area (Å²) in [6, 6.07) is 16.4. The van der Waals surface area contributed by atoms with Gasteiger partial charge in [0.05, 0.1) is 6.07 Å². The van der Waals surface area contributed by atoms with E-state index in [1.54, 1.807) is 0 Å². The van der Waals surface area contributed by atoms with Crippen molar-refractivity contribution in [2.75, 3.05) is 0 Å². The number of aromatic amines is 1. The van der Waals surface area contributed by atoms with Crippen LogP contribution in [0.3, 0.4) is 0 Å². The van der Waals surface area contributed by atoms with E-state index in [-0.39, 0.29) is 5.91 Å². The third-order valence-electron chi connectivity index (χ3n) is 5.05. The van der Waals surface area contributed by atoms with Crippen LogP contribution in [0.4, 0.5) is 0 Å². The monoisotopic (exact) mass is 317 g/mol. The van der Waals surface area contributed by atoms with E-state index in [9.17, 15) is 10.1 Å². The van der Waals surface area contributed by atoms with Gasteiger partial charge < -0.3 is 10.3 Å². The predicted molar refractivity (Wildman–Crippen MR) is 94.7 cm³/mol. The molecular weight excluding hydrogens is 298 g/mol. The van der Waals surface area contributed by atoms with Crippen LogP contribution in [0.5, 0.6) is 0 Å².